The maximum Gasteiger partial charge on any atom is 0.0458 e. The lowest BCUT2D eigenvalue weighted by Crippen LogP contribution is -1.94. The Balaban J connectivity index is 2.25. The van der Waals surface area contributed by atoms with E-state index in [9.17, 15) is 0 Å². The molecular weight excluding hydrogens is 226 g/mol. The molecule has 0 aliphatic heterocycles. The van der Waals surface area contributed by atoms with Gasteiger partial charge < -0.3 is 5.73 Å². The minimum Gasteiger partial charge on any atom is -0.398 e. The zero-order valence-electron chi connectivity index (χ0n) is 7.59. The molecule has 0 amide bonds. The predicted molar refractivity (Wildman–Crippen MR) is 59.8 cm³/mol. The Bertz CT molecular complexity index is 303. The van der Waals surface area contributed by atoms with E-state index in [4.69, 9.17) is 5.73 Å². The fourth-order valence-corrected chi connectivity index (χ4v) is 2.45. The number of nitrogen functional groups attached to an aromatic ring is 1. The Morgan fingerprint density at radius 2 is 1.92 bits per heavy atom. The van der Waals surface area contributed by atoms with E-state index in [0.717, 1.165) is 16.1 Å². The molecule has 0 atom stereocenters. The molecule has 0 spiro atoms. The molecule has 2 N–H and O–H groups in total. The van der Waals surface area contributed by atoms with Crippen molar-refractivity contribution in [3.8, 4) is 0 Å². The van der Waals surface area contributed by atoms with Gasteiger partial charge in [-0.25, -0.2) is 0 Å². The van der Waals surface area contributed by atoms with Gasteiger partial charge in [0.05, 0.1) is 0 Å². The lowest BCUT2D eigenvalue weighted by atomic mass is 9.98. The summed E-state index contributed by atoms with van der Waals surface area (Å²) in [5, 5.41) is 0. The van der Waals surface area contributed by atoms with Crippen LogP contribution in [0.5, 0.6) is 0 Å². The van der Waals surface area contributed by atoms with Crippen molar-refractivity contribution in [3.63, 3.8) is 0 Å². The van der Waals surface area contributed by atoms with E-state index in [0.29, 0.717) is 0 Å². The first-order valence-corrected chi connectivity index (χ1v) is 5.61. The molecule has 13 heavy (non-hydrogen) atoms. The predicted octanol–water partition coefficient (Wildman–Crippen LogP) is 3.69. The van der Waals surface area contributed by atoms with Crippen LogP contribution in [0.1, 0.15) is 37.2 Å². The largest absolute Gasteiger partial charge is 0.398 e. The molecule has 70 valence electrons. The molecule has 1 aromatic carbocycles. The van der Waals surface area contributed by atoms with Gasteiger partial charge in [0.15, 0.2) is 0 Å². The third kappa shape index (κ3) is 1.88. The summed E-state index contributed by atoms with van der Waals surface area (Å²) in [5.41, 5.74) is 8.02. The molecule has 0 bridgehead atoms. The number of hydrogen-bond donors (Lipinski definition) is 1. The summed E-state index contributed by atoms with van der Waals surface area (Å²) < 4.78 is 1.04. The van der Waals surface area contributed by atoms with Crippen molar-refractivity contribution < 1.29 is 0 Å². The molecule has 0 heterocycles. The van der Waals surface area contributed by atoms with Gasteiger partial charge in [0.25, 0.3) is 0 Å². The Morgan fingerprint density at radius 1 is 1.23 bits per heavy atom. The van der Waals surface area contributed by atoms with Crippen LogP contribution in [0.25, 0.3) is 0 Å². The number of anilines is 1. The van der Waals surface area contributed by atoms with E-state index in [2.05, 4.69) is 28.1 Å². The lowest BCUT2D eigenvalue weighted by Gasteiger charge is -2.10. The van der Waals surface area contributed by atoms with E-state index in [1.807, 2.05) is 6.07 Å². The molecule has 2 rings (SSSR count). The molecular formula is C11H14BrN. The number of nitrogens with two attached hydrogens (primary N) is 1. The minimum atomic E-state index is 0.775. The second kappa shape index (κ2) is 3.70. The summed E-state index contributed by atoms with van der Waals surface area (Å²) in [4.78, 5) is 0. The molecule has 0 aromatic heterocycles. The second-order valence-electron chi connectivity index (χ2n) is 3.76. The van der Waals surface area contributed by atoms with Gasteiger partial charge >= 0.3 is 0 Å². The Kier molecular flexibility index (Phi) is 2.58. The van der Waals surface area contributed by atoms with Crippen LogP contribution in [0.2, 0.25) is 0 Å². The zero-order valence-corrected chi connectivity index (χ0v) is 9.18. The van der Waals surface area contributed by atoms with Gasteiger partial charge in [-0.3, -0.25) is 0 Å². The average Bonchev–Trinajstić information content (AvgIpc) is 2.62. The second-order valence-corrected chi connectivity index (χ2v) is 4.62. The third-order valence-corrected chi connectivity index (χ3v) is 3.54. The molecule has 1 aromatic rings. The number of hydrogen-bond acceptors (Lipinski definition) is 1. The van der Waals surface area contributed by atoms with Gasteiger partial charge in [-0.05, 0) is 52.4 Å². The summed E-state index contributed by atoms with van der Waals surface area (Å²) in [6, 6.07) is 6.33. The highest BCUT2D eigenvalue weighted by Crippen LogP contribution is 2.35. The van der Waals surface area contributed by atoms with Crippen LogP contribution >= 0.6 is 15.9 Å². The molecule has 1 aliphatic rings. The number of benzene rings is 1. The van der Waals surface area contributed by atoms with Crippen LogP contribution < -0.4 is 5.73 Å². The summed E-state index contributed by atoms with van der Waals surface area (Å²) in [6.07, 6.45) is 5.45. The SMILES string of the molecule is Nc1ccc(C2CCCC2)cc1Br. The van der Waals surface area contributed by atoms with E-state index in [1.165, 1.54) is 31.2 Å². The molecule has 2 heteroatoms. The summed E-state index contributed by atoms with van der Waals surface area (Å²) in [5.74, 6) is 0.775. The van der Waals surface area contributed by atoms with Gasteiger partial charge in [-0.1, -0.05) is 18.9 Å². The molecule has 0 unspecified atom stereocenters. The topological polar surface area (TPSA) is 26.0 Å². The van der Waals surface area contributed by atoms with Crippen molar-refractivity contribution in [2.24, 2.45) is 0 Å². The van der Waals surface area contributed by atoms with Crippen molar-refractivity contribution >= 4 is 21.6 Å². The summed E-state index contributed by atoms with van der Waals surface area (Å²) >= 11 is 3.47. The number of halogens is 1. The molecule has 1 nitrogen and oxygen atoms in total. The first-order valence-electron chi connectivity index (χ1n) is 4.82. The van der Waals surface area contributed by atoms with Gasteiger partial charge in [-0.15, -0.1) is 0 Å². The van der Waals surface area contributed by atoms with Gasteiger partial charge in [0.1, 0.15) is 0 Å². The maximum atomic E-state index is 5.74. The maximum absolute atomic E-state index is 5.74. The fourth-order valence-electron chi connectivity index (χ4n) is 2.06. The zero-order chi connectivity index (χ0) is 9.26. The van der Waals surface area contributed by atoms with E-state index >= 15 is 0 Å². The lowest BCUT2D eigenvalue weighted by molar-refractivity contribution is 0.723. The monoisotopic (exact) mass is 239 g/mol. The van der Waals surface area contributed by atoms with Crippen molar-refractivity contribution in [1.82, 2.24) is 0 Å². The first kappa shape index (κ1) is 9.07. The standard InChI is InChI=1S/C11H14BrN/c12-10-7-9(5-6-11(10)13)8-3-1-2-4-8/h5-8H,1-4,13H2. The minimum absolute atomic E-state index is 0.775. The highest BCUT2D eigenvalue weighted by molar-refractivity contribution is 9.10. The van der Waals surface area contributed by atoms with Crippen LogP contribution in [-0.2, 0) is 0 Å². The molecule has 1 saturated carbocycles. The van der Waals surface area contributed by atoms with Crippen molar-refractivity contribution in [2.75, 3.05) is 5.73 Å². The molecule has 0 radical (unpaired) electrons. The van der Waals surface area contributed by atoms with Gasteiger partial charge in [0, 0.05) is 10.2 Å². The summed E-state index contributed by atoms with van der Waals surface area (Å²) in [6.45, 7) is 0. The molecule has 0 saturated heterocycles. The first-order chi connectivity index (χ1) is 6.27. The number of rotatable bonds is 1. The van der Waals surface area contributed by atoms with E-state index in [-0.39, 0.29) is 0 Å². The van der Waals surface area contributed by atoms with Crippen molar-refractivity contribution in [3.05, 3.63) is 28.2 Å². The average molecular weight is 240 g/mol. The van der Waals surface area contributed by atoms with E-state index < -0.39 is 0 Å². The van der Waals surface area contributed by atoms with Gasteiger partial charge in [-0.2, -0.15) is 0 Å². The summed E-state index contributed by atoms with van der Waals surface area (Å²) in [7, 11) is 0. The smallest absolute Gasteiger partial charge is 0.0458 e. The highest BCUT2D eigenvalue weighted by atomic mass is 79.9. The third-order valence-electron chi connectivity index (χ3n) is 2.85. The van der Waals surface area contributed by atoms with Crippen molar-refractivity contribution in [2.45, 2.75) is 31.6 Å². The van der Waals surface area contributed by atoms with Crippen LogP contribution in [-0.4, -0.2) is 0 Å². The van der Waals surface area contributed by atoms with Crippen LogP contribution in [0.4, 0.5) is 5.69 Å². The Morgan fingerprint density at radius 3 is 2.54 bits per heavy atom. The molecule has 1 fully saturated rings. The van der Waals surface area contributed by atoms with Gasteiger partial charge in [0.2, 0.25) is 0 Å². The fraction of sp³-hybridized carbons (Fsp3) is 0.455. The Hall–Kier alpha value is -0.500. The van der Waals surface area contributed by atoms with Crippen molar-refractivity contribution in [1.29, 1.82) is 0 Å². The van der Waals surface area contributed by atoms with Crippen LogP contribution in [0, 0.1) is 0 Å². The van der Waals surface area contributed by atoms with E-state index in [1.54, 1.807) is 0 Å². The quantitative estimate of drug-likeness (QED) is 0.744. The normalized spacial score (nSPS) is 17.9. The van der Waals surface area contributed by atoms with Crippen LogP contribution in [0.3, 0.4) is 0 Å². The highest BCUT2D eigenvalue weighted by Gasteiger charge is 2.17. The molecule has 1 aliphatic carbocycles. The van der Waals surface area contributed by atoms with Crippen LogP contribution in [0.15, 0.2) is 22.7 Å². The Labute approximate surface area is 87.5 Å².